The third-order valence-corrected chi connectivity index (χ3v) is 4.85. The molecule has 0 amide bonds. The number of benzene rings is 1. The lowest BCUT2D eigenvalue weighted by molar-refractivity contribution is 1.27. The Labute approximate surface area is 105 Å². The summed E-state index contributed by atoms with van der Waals surface area (Å²) in [7, 11) is 0. The van der Waals surface area contributed by atoms with E-state index in [2.05, 4.69) is 47.4 Å². The number of rotatable bonds is 1. The van der Waals surface area contributed by atoms with Gasteiger partial charge >= 0.3 is 0 Å². The van der Waals surface area contributed by atoms with Crippen molar-refractivity contribution >= 4 is 56.6 Å². The molecule has 0 aliphatic rings. The molecule has 0 spiro atoms. The molecule has 70 valence electrons. The van der Waals surface area contributed by atoms with Crippen molar-refractivity contribution in [2.75, 3.05) is 0 Å². The fourth-order valence-electron chi connectivity index (χ4n) is 1.38. The van der Waals surface area contributed by atoms with Crippen molar-refractivity contribution in [3.05, 3.63) is 26.6 Å². The molecule has 0 fully saturated rings. The summed E-state index contributed by atoms with van der Waals surface area (Å²) >= 11 is 8.40. The predicted octanol–water partition coefficient (Wildman–Crippen LogP) is 3.86. The molecule has 1 aromatic carbocycles. The van der Waals surface area contributed by atoms with Gasteiger partial charge in [0.25, 0.3) is 0 Å². The van der Waals surface area contributed by atoms with Crippen LogP contribution in [0.3, 0.4) is 0 Å². The van der Waals surface area contributed by atoms with Gasteiger partial charge in [0.2, 0.25) is 0 Å². The maximum atomic E-state index is 8.71. The van der Waals surface area contributed by atoms with Gasteiger partial charge in [-0.25, -0.2) is 0 Å². The van der Waals surface area contributed by atoms with Crippen LogP contribution in [0.5, 0.6) is 0 Å². The van der Waals surface area contributed by atoms with Gasteiger partial charge in [-0.15, -0.1) is 24.0 Å². The second-order valence-corrected chi connectivity index (χ2v) is 5.39. The second-order valence-electron chi connectivity index (χ2n) is 2.86. The minimum atomic E-state index is 0.470. The lowest BCUT2D eigenvalue weighted by atomic mass is 10.1. The van der Waals surface area contributed by atoms with Gasteiger partial charge in [-0.05, 0) is 51.1 Å². The van der Waals surface area contributed by atoms with E-state index in [9.17, 15) is 0 Å². The fourth-order valence-corrected chi connectivity index (χ4v) is 3.44. The third kappa shape index (κ3) is 1.64. The van der Waals surface area contributed by atoms with Crippen LogP contribution in [0.25, 0.3) is 10.1 Å². The monoisotopic (exact) mass is 331 g/mol. The molecule has 0 saturated carbocycles. The normalized spacial score (nSPS) is 10.4. The van der Waals surface area contributed by atoms with E-state index in [1.54, 1.807) is 11.3 Å². The van der Waals surface area contributed by atoms with Gasteiger partial charge in [0.15, 0.2) is 0 Å². The molecule has 0 aliphatic carbocycles. The molecule has 0 N–H and O–H groups in total. The van der Waals surface area contributed by atoms with Gasteiger partial charge in [-0.3, -0.25) is 0 Å². The summed E-state index contributed by atoms with van der Waals surface area (Å²) in [5.41, 5.74) is 1.10. The Balaban J connectivity index is 2.79. The number of fused-ring (bicyclic) bond motifs is 1. The van der Waals surface area contributed by atoms with E-state index in [0.717, 1.165) is 14.0 Å². The molecule has 1 heterocycles. The minimum Gasteiger partial charge on any atom is -0.198 e. The second kappa shape index (κ2) is 4.09. The Morgan fingerprint density at radius 3 is 3.07 bits per heavy atom. The Bertz CT molecular complexity index is 525. The lowest BCUT2D eigenvalue weighted by Crippen LogP contribution is -1.86. The van der Waals surface area contributed by atoms with Crippen LogP contribution in [0.1, 0.15) is 5.56 Å². The SMILES string of the molecule is N#CCc1cc(I)c(S)c2sccc12. The first-order valence-electron chi connectivity index (χ1n) is 3.98. The standard InChI is InChI=1S/C10H6INS2/c11-8-5-6(1-3-12)7-2-4-14-10(7)9(8)13/h2,4-5,13H,1H2. The van der Waals surface area contributed by atoms with E-state index >= 15 is 0 Å². The number of hydrogen-bond acceptors (Lipinski definition) is 3. The Morgan fingerprint density at radius 2 is 2.36 bits per heavy atom. The molecule has 0 unspecified atom stereocenters. The molecule has 4 heteroatoms. The molecular formula is C10H6INS2. The molecule has 0 saturated heterocycles. The summed E-state index contributed by atoms with van der Waals surface area (Å²) in [6.07, 6.45) is 0.470. The highest BCUT2D eigenvalue weighted by Gasteiger charge is 2.08. The Kier molecular flexibility index (Phi) is 3.00. The predicted molar refractivity (Wildman–Crippen MR) is 71.1 cm³/mol. The molecule has 0 atom stereocenters. The van der Waals surface area contributed by atoms with Crippen molar-refractivity contribution in [3.63, 3.8) is 0 Å². The van der Waals surface area contributed by atoms with Crippen molar-refractivity contribution in [2.24, 2.45) is 0 Å². The average molecular weight is 331 g/mol. The van der Waals surface area contributed by atoms with Crippen LogP contribution in [0.4, 0.5) is 0 Å². The van der Waals surface area contributed by atoms with Gasteiger partial charge in [0.1, 0.15) is 0 Å². The number of thiol groups is 1. The molecule has 1 aromatic heterocycles. The van der Waals surface area contributed by atoms with Gasteiger partial charge in [0.05, 0.1) is 12.5 Å². The Hall–Kier alpha value is -0.250. The quantitative estimate of drug-likeness (QED) is 0.623. The lowest BCUT2D eigenvalue weighted by Gasteiger charge is -2.03. The van der Waals surface area contributed by atoms with Gasteiger partial charge < -0.3 is 0 Å². The van der Waals surface area contributed by atoms with Crippen LogP contribution in [-0.4, -0.2) is 0 Å². The van der Waals surface area contributed by atoms with Crippen LogP contribution < -0.4 is 0 Å². The van der Waals surface area contributed by atoms with Crippen molar-refractivity contribution in [3.8, 4) is 6.07 Å². The van der Waals surface area contributed by atoms with Crippen molar-refractivity contribution in [2.45, 2.75) is 11.3 Å². The number of hydrogen-bond donors (Lipinski definition) is 1. The summed E-state index contributed by atoms with van der Waals surface area (Å²) in [5.74, 6) is 0. The maximum Gasteiger partial charge on any atom is 0.0669 e. The fraction of sp³-hybridized carbons (Fsp3) is 0.100. The first-order chi connectivity index (χ1) is 6.74. The van der Waals surface area contributed by atoms with Crippen LogP contribution >= 0.6 is 46.6 Å². The highest BCUT2D eigenvalue weighted by Crippen LogP contribution is 2.34. The molecule has 2 aromatic rings. The molecule has 0 aliphatic heterocycles. The van der Waals surface area contributed by atoms with Crippen LogP contribution in [0, 0.1) is 14.9 Å². The van der Waals surface area contributed by atoms with Gasteiger partial charge in [-0.2, -0.15) is 5.26 Å². The zero-order valence-electron chi connectivity index (χ0n) is 7.12. The first kappa shape index (κ1) is 10.3. The molecule has 0 bridgehead atoms. The van der Waals surface area contributed by atoms with E-state index in [1.807, 2.05) is 11.4 Å². The summed E-state index contributed by atoms with van der Waals surface area (Å²) in [4.78, 5) is 1.03. The van der Waals surface area contributed by atoms with E-state index in [1.165, 1.54) is 10.1 Å². The first-order valence-corrected chi connectivity index (χ1v) is 6.39. The minimum absolute atomic E-state index is 0.470. The van der Waals surface area contributed by atoms with Crippen molar-refractivity contribution < 1.29 is 0 Å². The molecule has 0 radical (unpaired) electrons. The molecule has 14 heavy (non-hydrogen) atoms. The summed E-state index contributed by atoms with van der Waals surface area (Å²) in [6.45, 7) is 0. The Morgan fingerprint density at radius 1 is 1.57 bits per heavy atom. The van der Waals surface area contributed by atoms with Crippen LogP contribution in [-0.2, 0) is 6.42 Å². The van der Waals surface area contributed by atoms with E-state index < -0.39 is 0 Å². The van der Waals surface area contributed by atoms with Crippen LogP contribution in [0.2, 0.25) is 0 Å². The highest BCUT2D eigenvalue weighted by atomic mass is 127. The van der Waals surface area contributed by atoms with Gasteiger partial charge in [-0.1, -0.05) is 0 Å². The largest absolute Gasteiger partial charge is 0.198 e. The number of thiophene rings is 1. The third-order valence-electron chi connectivity index (χ3n) is 2.02. The van der Waals surface area contributed by atoms with E-state index in [-0.39, 0.29) is 0 Å². The zero-order valence-corrected chi connectivity index (χ0v) is 11.0. The summed E-state index contributed by atoms with van der Waals surface area (Å²) in [6, 6.07) is 6.29. The zero-order chi connectivity index (χ0) is 10.1. The van der Waals surface area contributed by atoms with Crippen molar-refractivity contribution in [1.82, 2.24) is 0 Å². The van der Waals surface area contributed by atoms with Gasteiger partial charge in [0, 0.05) is 13.2 Å². The summed E-state index contributed by atoms with van der Waals surface area (Å²) < 4.78 is 2.30. The topological polar surface area (TPSA) is 23.8 Å². The van der Waals surface area contributed by atoms with E-state index in [4.69, 9.17) is 5.26 Å². The average Bonchev–Trinajstić information content (AvgIpc) is 2.63. The van der Waals surface area contributed by atoms with Crippen LogP contribution in [0.15, 0.2) is 22.4 Å². The molecular weight excluding hydrogens is 325 g/mol. The van der Waals surface area contributed by atoms with E-state index in [0.29, 0.717) is 6.42 Å². The summed E-state index contributed by atoms with van der Waals surface area (Å²) in [5, 5.41) is 11.9. The highest BCUT2D eigenvalue weighted by molar-refractivity contribution is 14.1. The maximum absolute atomic E-state index is 8.71. The van der Waals surface area contributed by atoms with Crippen molar-refractivity contribution in [1.29, 1.82) is 5.26 Å². The molecule has 1 nitrogen and oxygen atoms in total. The number of nitrogens with zero attached hydrogens (tertiary/aromatic N) is 1. The molecule has 2 rings (SSSR count). The smallest absolute Gasteiger partial charge is 0.0669 e. The number of halogens is 1. The number of nitriles is 1.